The van der Waals surface area contributed by atoms with Crippen LogP contribution in [0, 0.1) is 0 Å². The third kappa shape index (κ3) is 2.65. The smallest absolute Gasteiger partial charge is 0.111 e. The standard InChI is InChI=1S/C19H26N4O/c1-2-16-13-19-20-17-12-15(14-21-8-10-24-11-9-21)3-4-18(17)23(19)7-6-22(16)5-1/h3-4,12,16H,1-2,5-11,13-14H2. The van der Waals surface area contributed by atoms with E-state index in [4.69, 9.17) is 9.72 Å². The maximum absolute atomic E-state index is 5.45. The molecule has 0 bridgehead atoms. The van der Waals surface area contributed by atoms with Gasteiger partial charge in [-0.3, -0.25) is 9.80 Å². The fourth-order valence-corrected chi connectivity index (χ4v) is 4.61. The van der Waals surface area contributed by atoms with Crippen LogP contribution in [0.5, 0.6) is 0 Å². The first-order valence-electron chi connectivity index (χ1n) is 9.39. The lowest BCUT2D eigenvalue weighted by molar-refractivity contribution is 0.0342. The second-order valence-electron chi connectivity index (χ2n) is 7.43. The summed E-state index contributed by atoms with van der Waals surface area (Å²) in [6.07, 6.45) is 3.81. The predicted molar refractivity (Wildman–Crippen MR) is 94.1 cm³/mol. The molecule has 5 nitrogen and oxygen atoms in total. The van der Waals surface area contributed by atoms with Crippen LogP contribution in [0.3, 0.4) is 0 Å². The Hall–Kier alpha value is -1.43. The Morgan fingerprint density at radius 3 is 2.92 bits per heavy atom. The first-order valence-corrected chi connectivity index (χ1v) is 9.39. The van der Waals surface area contributed by atoms with Gasteiger partial charge in [-0.05, 0) is 37.1 Å². The first kappa shape index (κ1) is 14.9. The largest absolute Gasteiger partial charge is 0.379 e. The van der Waals surface area contributed by atoms with E-state index in [-0.39, 0.29) is 0 Å². The molecule has 0 spiro atoms. The van der Waals surface area contributed by atoms with Crippen molar-refractivity contribution in [3.05, 3.63) is 29.6 Å². The number of ether oxygens (including phenoxy) is 1. The van der Waals surface area contributed by atoms with Crippen LogP contribution in [0.15, 0.2) is 18.2 Å². The molecule has 1 aromatic carbocycles. The van der Waals surface area contributed by atoms with Crippen LogP contribution in [0.4, 0.5) is 0 Å². The molecule has 2 saturated heterocycles. The highest BCUT2D eigenvalue weighted by molar-refractivity contribution is 5.77. The second-order valence-corrected chi connectivity index (χ2v) is 7.43. The topological polar surface area (TPSA) is 33.5 Å². The van der Waals surface area contributed by atoms with E-state index in [0.29, 0.717) is 0 Å². The van der Waals surface area contributed by atoms with Crippen LogP contribution in [0.25, 0.3) is 11.0 Å². The highest BCUT2D eigenvalue weighted by Gasteiger charge is 2.29. The molecule has 1 aromatic heterocycles. The van der Waals surface area contributed by atoms with Gasteiger partial charge in [0.2, 0.25) is 0 Å². The molecule has 3 aliphatic heterocycles. The van der Waals surface area contributed by atoms with Gasteiger partial charge in [-0.25, -0.2) is 4.98 Å². The van der Waals surface area contributed by atoms with Crippen molar-refractivity contribution in [3.63, 3.8) is 0 Å². The molecule has 5 heteroatoms. The summed E-state index contributed by atoms with van der Waals surface area (Å²) < 4.78 is 7.91. The van der Waals surface area contributed by atoms with Gasteiger partial charge < -0.3 is 9.30 Å². The quantitative estimate of drug-likeness (QED) is 0.844. The summed E-state index contributed by atoms with van der Waals surface area (Å²) in [4.78, 5) is 10.2. The molecule has 0 N–H and O–H groups in total. The lowest BCUT2D eigenvalue weighted by Gasteiger charge is -2.26. The molecule has 0 aliphatic carbocycles. The van der Waals surface area contributed by atoms with Gasteiger partial charge in [0.05, 0.1) is 24.2 Å². The van der Waals surface area contributed by atoms with Crippen molar-refractivity contribution in [1.82, 2.24) is 19.4 Å². The van der Waals surface area contributed by atoms with Crippen molar-refractivity contribution in [2.75, 3.05) is 39.4 Å². The molecule has 4 heterocycles. The third-order valence-corrected chi connectivity index (χ3v) is 5.93. The van der Waals surface area contributed by atoms with E-state index in [0.717, 1.165) is 51.9 Å². The summed E-state index contributed by atoms with van der Waals surface area (Å²) in [5.74, 6) is 1.29. The molecular formula is C19H26N4O. The number of benzene rings is 1. The molecule has 1 unspecified atom stereocenters. The van der Waals surface area contributed by atoms with Gasteiger partial charge in [-0.15, -0.1) is 0 Å². The minimum absolute atomic E-state index is 0.718. The highest BCUT2D eigenvalue weighted by Crippen LogP contribution is 2.27. The number of morpholine rings is 1. The van der Waals surface area contributed by atoms with Crippen molar-refractivity contribution in [2.45, 2.75) is 38.4 Å². The minimum Gasteiger partial charge on any atom is -0.379 e. The van der Waals surface area contributed by atoms with Crippen molar-refractivity contribution in [2.24, 2.45) is 0 Å². The van der Waals surface area contributed by atoms with E-state index in [1.165, 1.54) is 48.4 Å². The Balaban J connectivity index is 1.42. The van der Waals surface area contributed by atoms with E-state index in [2.05, 4.69) is 32.6 Å². The number of nitrogens with zero attached hydrogens (tertiary/aromatic N) is 4. The zero-order valence-electron chi connectivity index (χ0n) is 14.3. The Morgan fingerprint density at radius 1 is 1.08 bits per heavy atom. The summed E-state index contributed by atoms with van der Waals surface area (Å²) in [5.41, 5.74) is 3.87. The Labute approximate surface area is 143 Å². The molecule has 0 amide bonds. The number of fused-ring (bicyclic) bond motifs is 4. The number of aromatic nitrogens is 2. The van der Waals surface area contributed by atoms with Crippen LogP contribution in [-0.2, 0) is 24.2 Å². The van der Waals surface area contributed by atoms with E-state index >= 15 is 0 Å². The Bertz CT molecular complexity index is 734. The van der Waals surface area contributed by atoms with E-state index in [1.807, 2.05) is 0 Å². The maximum Gasteiger partial charge on any atom is 0.111 e. The van der Waals surface area contributed by atoms with Crippen LogP contribution >= 0.6 is 0 Å². The Kier molecular flexibility index (Phi) is 3.80. The van der Waals surface area contributed by atoms with Crippen molar-refractivity contribution >= 4 is 11.0 Å². The fourth-order valence-electron chi connectivity index (χ4n) is 4.61. The van der Waals surface area contributed by atoms with Gasteiger partial charge in [-0.1, -0.05) is 6.07 Å². The SMILES string of the molecule is c1cc2c(cc1CN1CCOCC1)nc1n2CCN2CCCC2C1. The van der Waals surface area contributed by atoms with Gasteiger partial charge >= 0.3 is 0 Å². The molecule has 0 saturated carbocycles. The number of rotatable bonds is 2. The summed E-state index contributed by atoms with van der Waals surface area (Å²) in [6, 6.07) is 7.60. The summed E-state index contributed by atoms with van der Waals surface area (Å²) >= 11 is 0. The number of hydrogen-bond donors (Lipinski definition) is 0. The molecule has 3 aliphatic rings. The van der Waals surface area contributed by atoms with Crippen LogP contribution in [0.1, 0.15) is 24.2 Å². The van der Waals surface area contributed by atoms with Crippen molar-refractivity contribution in [3.8, 4) is 0 Å². The van der Waals surface area contributed by atoms with Crippen molar-refractivity contribution < 1.29 is 4.74 Å². The first-order chi connectivity index (χ1) is 11.9. The van der Waals surface area contributed by atoms with Gasteiger partial charge in [0.1, 0.15) is 5.82 Å². The highest BCUT2D eigenvalue weighted by atomic mass is 16.5. The lowest BCUT2D eigenvalue weighted by Crippen LogP contribution is -2.35. The summed E-state index contributed by atoms with van der Waals surface area (Å²) in [5, 5.41) is 0. The molecule has 24 heavy (non-hydrogen) atoms. The number of imidazole rings is 1. The van der Waals surface area contributed by atoms with E-state index in [1.54, 1.807) is 0 Å². The molecule has 128 valence electrons. The average molecular weight is 326 g/mol. The van der Waals surface area contributed by atoms with Crippen LogP contribution in [0.2, 0.25) is 0 Å². The van der Waals surface area contributed by atoms with Crippen LogP contribution < -0.4 is 0 Å². The monoisotopic (exact) mass is 326 g/mol. The predicted octanol–water partition coefficient (Wildman–Crippen LogP) is 1.89. The summed E-state index contributed by atoms with van der Waals surface area (Å²) in [7, 11) is 0. The lowest BCUT2D eigenvalue weighted by atomic mass is 10.1. The molecule has 1 atom stereocenters. The van der Waals surface area contributed by atoms with Crippen molar-refractivity contribution in [1.29, 1.82) is 0 Å². The molecule has 2 aromatic rings. The normalized spacial score (nSPS) is 25.6. The Morgan fingerprint density at radius 2 is 2.00 bits per heavy atom. The van der Waals surface area contributed by atoms with Gasteiger partial charge in [-0.2, -0.15) is 0 Å². The number of hydrogen-bond acceptors (Lipinski definition) is 4. The zero-order valence-corrected chi connectivity index (χ0v) is 14.3. The van der Waals surface area contributed by atoms with Gasteiger partial charge in [0, 0.05) is 45.2 Å². The maximum atomic E-state index is 5.45. The molecule has 2 fully saturated rings. The van der Waals surface area contributed by atoms with E-state index in [9.17, 15) is 0 Å². The minimum atomic E-state index is 0.718. The van der Waals surface area contributed by atoms with Crippen LogP contribution in [-0.4, -0.2) is 64.8 Å². The summed E-state index contributed by atoms with van der Waals surface area (Å²) in [6.45, 7) is 8.35. The zero-order chi connectivity index (χ0) is 15.9. The average Bonchev–Trinajstić information content (AvgIpc) is 3.14. The van der Waals surface area contributed by atoms with E-state index < -0.39 is 0 Å². The fraction of sp³-hybridized carbons (Fsp3) is 0.632. The molecule has 0 radical (unpaired) electrons. The molecule has 5 rings (SSSR count). The third-order valence-electron chi connectivity index (χ3n) is 5.93. The van der Waals surface area contributed by atoms with Gasteiger partial charge in [0.25, 0.3) is 0 Å². The molecular weight excluding hydrogens is 300 g/mol. The second kappa shape index (κ2) is 6.14. The van der Waals surface area contributed by atoms with Gasteiger partial charge in [0.15, 0.2) is 0 Å².